The van der Waals surface area contributed by atoms with E-state index in [2.05, 4.69) is 15.6 Å². The van der Waals surface area contributed by atoms with Crippen molar-refractivity contribution in [1.29, 1.82) is 0 Å². The number of nitrogens with one attached hydrogen (secondary N) is 2. The average Bonchev–Trinajstić information content (AvgIpc) is 2.51. The van der Waals surface area contributed by atoms with Crippen molar-refractivity contribution in [1.82, 2.24) is 15.5 Å². The molecule has 0 spiro atoms. The fourth-order valence-electron chi connectivity index (χ4n) is 2.20. The summed E-state index contributed by atoms with van der Waals surface area (Å²) in [6.45, 7) is 9.85. The highest BCUT2D eigenvalue weighted by Crippen LogP contribution is 2.16. The second-order valence-electron chi connectivity index (χ2n) is 6.40. The molecular formula is C18H29FN4O. The molecule has 0 aliphatic heterocycles. The van der Waals surface area contributed by atoms with Gasteiger partial charge in [0.2, 0.25) is 5.91 Å². The number of hydrogen-bond acceptors (Lipinski definition) is 2. The maximum atomic E-state index is 13.3. The highest BCUT2D eigenvalue weighted by Gasteiger charge is 2.27. The second-order valence-corrected chi connectivity index (χ2v) is 6.40. The van der Waals surface area contributed by atoms with E-state index in [9.17, 15) is 9.18 Å². The molecule has 0 fully saturated rings. The zero-order valence-electron chi connectivity index (χ0n) is 15.3. The lowest BCUT2D eigenvalue weighted by atomic mass is 9.92. The molecule has 2 N–H and O–H groups in total. The molecule has 1 rings (SSSR count). The zero-order valence-corrected chi connectivity index (χ0v) is 15.3. The molecule has 1 aromatic carbocycles. The van der Waals surface area contributed by atoms with Crippen LogP contribution in [0.25, 0.3) is 0 Å². The fourth-order valence-corrected chi connectivity index (χ4v) is 2.20. The van der Waals surface area contributed by atoms with Gasteiger partial charge in [-0.3, -0.25) is 9.79 Å². The lowest BCUT2D eigenvalue weighted by molar-refractivity contribution is -0.128. The highest BCUT2D eigenvalue weighted by atomic mass is 19.1. The van der Waals surface area contributed by atoms with Gasteiger partial charge >= 0.3 is 0 Å². The number of carbonyl (C=O) groups excluding carboxylic acids is 1. The summed E-state index contributed by atoms with van der Waals surface area (Å²) in [5, 5.41) is 6.04. The number of nitrogens with zero attached hydrogens (tertiary/aromatic N) is 2. The third-order valence-electron chi connectivity index (χ3n) is 3.58. The summed E-state index contributed by atoms with van der Waals surface area (Å²) in [6.07, 6.45) is 0. The van der Waals surface area contributed by atoms with Gasteiger partial charge in [0.1, 0.15) is 5.82 Å². The Labute approximate surface area is 144 Å². The number of hydrogen-bond donors (Lipinski definition) is 2. The van der Waals surface area contributed by atoms with E-state index < -0.39 is 5.41 Å². The smallest absolute Gasteiger partial charge is 0.227 e. The van der Waals surface area contributed by atoms with Crippen molar-refractivity contribution >= 4 is 11.9 Å². The zero-order chi connectivity index (χ0) is 18.2. The first-order valence-electron chi connectivity index (χ1n) is 8.32. The number of benzene rings is 1. The second kappa shape index (κ2) is 9.25. The van der Waals surface area contributed by atoms with Gasteiger partial charge in [-0.25, -0.2) is 4.39 Å². The van der Waals surface area contributed by atoms with Crippen LogP contribution in [0, 0.1) is 11.2 Å². The van der Waals surface area contributed by atoms with Crippen molar-refractivity contribution in [3.63, 3.8) is 0 Å². The van der Waals surface area contributed by atoms with Gasteiger partial charge in [0, 0.05) is 26.7 Å². The molecule has 0 aromatic heterocycles. The Morgan fingerprint density at radius 3 is 2.50 bits per heavy atom. The maximum Gasteiger partial charge on any atom is 0.227 e. The number of guanidine groups is 1. The Kier molecular flexibility index (Phi) is 7.68. The van der Waals surface area contributed by atoms with Crippen LogP contribution in [-0.2, 0) is 11.3 Å². The first-order chi connectivity index (χ1) is 11.3. The van der Waals surface area contributed by atoms with Crippen LogP contribution in [0.4, 0.5) is 4.39 Å². The van der Waals surface area contributed by atoms with Crippen molar-refractivity contribution in [3.8, 4) is 0 Å². The van der Waals surface area contributed by atoms with E-state index in [1.807, 2.05) is 45.7 Å². The molecule has 0 radical (unpaired) electrons. The minimum atomic E-state index is -0.587. The SMILES string of the molecule is CCNC(=O)C(C)(C)CN=C(NCC)N(C)Cc1cccc(F)c1. The monoisotopic (exact) mass is 336 g/mol. The van der Waals surface area contributed by atoms with E-state index in [1.54, 1.807) is 6.07 Å². The van der Waals surface area contributed by atoms with Crippen LogP contribution in [0.15, 0.2) is 29.3 Å². The van der Waals surface area contributed by atoms with Crippen molar-refractivity contribution in [3.05, 3.63) is 35.6 Å². The third-order valence-corrected chi connectivity index (χ3v) is 3.58. The van der Waals surface area contributed by atoms with E-state index in [1.165, 1.54) is 12.1 Å². The van der Waals surface area contributed by atoms with Crippen molar-refractivity contribution in [2.24, 2.45) is 10.4 Å². The summed E-state index contributed by atoms with van der Waals surface area (Å²) in [7, 11) is 1.89. The number of halogens is 1. The Hall–Kier alpha value is -2.11. The standard InChI is InChI=1S/C18H29FN4O/c1-6-20-16(24)18(3,4)13-22-17(21-7-2)23(5)12-14-9-8-10-15(19)11-14/h8-11H,6-7,12-13H2,1-5H3,(H,20,24)(H,21,22). The predicted molar refractivity (Wildman–Crippen MR) is 96.3 cm³/mol. The van der Waals surface area contributed by atoms with Crippen LogP contribution in [-0.4, -0.2) is 43.4 Å². The summed E-state index contributed by atoms with van der Waals surface area (Å²) in [5.41, 5.74) is 0.280. The first kappa shape index (κ1) is 19.9. The number of rotatable bonds is 7. The van der Waals surface area contributed by atoms with E-state index in [-0.39, 0.29) is 11.7 Å². The fraction of sp³-hybridized carbons (Fsp3) is 0.556. The van der Waals surface area contributed by atoms with E-state index >= 15 is 0 Å². The predicted octanol–water partition coefficient (Wildman–Crippen LogP) is 2.39. The van der Waals surface area contributed by atoms with Crippen LogP contribution in [0.2, 0.25) is 0 Å². The highest BCUT2D eigenvalue weighted by molar-refractivity contribution is 5.83. The molecular weight excluding hydrogens is 307 g/mol. The molecule has 0 saturated carbocycles. The molecule has 0 bridgehead atoms. The minimum absolute atomic E-state index is 0.0163. The number of amides is 1. The number of aliphatic imine (C=N–C) groups is 1. The topological polar surface area (TPSA) is 56.7 Å². The lowest BCUT2D eigenvalue weighted by Crippen LogP contribution is -2.42. The van der Waals surface area contributed by atoms with Crippen LogP contribution >= 0.6 is 0 Å². The minimum Gasteiger partial charge on any atom is -0.357 e. The summed E-state index contributed by atoms with van der Waals surface area (Å²) in [5.74, 6) is 0.428. The Bertz CT molecular complexity index is 572. The molecule has 0 atom stereocenters. The molecule has 0 unspecified atom stereocenters. The average molecular weight is 336 g/mol. The Morgan fingerprint density at radius 2 is 1.92 bits per heavy atom. The molecule has 0 aliphatic carbocycles. The van der Waals surface area contributed by atoms with Gasteiger partial charge < -0.3 is 15.5 Å². The van der Waals surface area contributed by atoms with Crippen molar-refractivity contribution in [2.75, 3.05) is 26.7 Å². The normalized spacial score (nSPS) is 12.0. The largest absolute Gasteiger partial charge is 0.357 e. The molecule has 6 heteroatoms. The van der Waals surface area contributed by atoms with Crippen LogP contribution in [0.1, 0.15) is 33.3 Å². The van der Waals surface area contributed by atoms with Crippen LogP contribution < -0.4 is 10.6 Å². The van der Waals surface area contributed by atoms with Gasteiger partial charge in [0.15, 0.2) is 5.96 Å². The van der Waals surface area contributed by atoms with Gasteiger partial charge in [0.25, 0.3) is 0 Å². The molecule has 1 amide bonds. The lowest BCUT2D eigenvalue weighted by Gasteiger charge is -2.25. The van der Waals surface area contributed by atoms with Crippen molar-refractivity contribution < 1.29 is 9.18 Å². The molecule has 1 aromatic rings. The Balaban J connectivity index is 2.82. The summed E-state index contributed by atoms with van der Waals surface area (Å²) >= 11 is 0. The van der Waals surface area contributed by atoms with E-state index in [0.29, 0.717) is 32.1 Å². The molecule has 0 heterocycles. The van der Waals surface area contributed by atoms with Gasteiger partial charge in [-0.05, 0) is 45.4 Å². The van der Waals surface area contributed by atoms with Gasteiger partial charge in [-0.15, -0.1) is 0 Å². The van der Waals surface area contributed by atoms with Crippen LogP contribution in [0.3, 0.4) is 0 Å². The molecule has 0 saturated heterocycles. The first-order valence-corrected chi connectivity index (χ1v) is 8.32. The van der Waals surface area contributed by atoms with Gasteiger partial charge in [-0.1, -0.05) is 12.1 Å². The van der Waals surface area contributed by atoms with Crippen molar-refractivity contribution in [2.45, 2.75) is 34.2 Å². The quantitative estimate of drug-likeness (QED) is 0.594. The summed E-state index contributed by atoms with van der Waals surface area (Å²) in [6, 6.07) is 6.51. The number of carbonyl (C=O) groups is 1. The van der Waals surface area contributed by atoms with E-state index in [0.717, 1.165) is 5.56 Å². The third kappa shape index (κ3) is 6.18. The maximum absolute atomic E-state index is 13.3. The Morgan fingerprint density at radius 1 is 1.25 bits per heavy atom. The molecule has 24 heavy (non-hydrogen) atoms. The summed E-state index contributed by atoms with van der Waals surface area (Å²) < 4.78 is 13.3. The molecule has 5 nitrogen and oxygen atoms in total. The summed E-state index contributed by atoms with van der Waals surface area (Å²) in [4.78, 5) is 18.6. The van der Waals surface area contributed by atoms with Crippen LogP contribution in [0.5, 0.6) is 0 Å². The van der Waals surface area contributed by atoms with Gasteiger partial charge in [-0.2, -0.15) is 0 Å². The molecule has 0 aliphatic rings. The van der Waals surface area contributed by atoms with E-state index in [4.69, 9.17) is 0 Å². The van der Waals surface area contributed by atoms with Gasteiger partial charge in [0.05, 0.1) is 12.0 Å². The molecule has 134 valence electrons.